The highest BCUT2D eigenvalue weighted by Crippen LogP contribution is 2.17. The van der Waals surface area contributed by atoms with Gasteiger partial charge < -0.3 is 15.5 Å². The van der Waals surface area contributed by atoms with Crippen molar-refractivity contribution >= 4 is 0 Å². The Hall–Kier alpha value is -0.120. The topological polar surface area (TPSA) is 52.5 Å². The average molecular weight is 203 g/mol. The summed E-state index contributed by atoms with van der Waals surface area (Å²) < 4.78 is 0. The molecule has 0 aliphatic carbocycles. The molecule has 0 aliphatic rings. The van der Waals surface area contributed by atoms with E-state index in [-0.39, 0.29) is 18.1 Å². The van der Waals surface area contributed by atoms with E-state index in [1.54, 1.807) is 0 Å². The largest absolute Gasteiger partial charge is 0.394 e. The van der Waals surface area contributed by atoms with E-state index in [2.05, 4.69) is 5.32 Å². The van der Waals surface area contributed by atoms with Crippen molar-refractivity contribution in [2.75, 3.05) is 13.2 Å². The third-order valence-corrected chi connectivity index (χ3v) is 3.25. The maximum atomic E-state index is 10.0. The fourth-order valence-corrected chi connectivity index (χ4v) is 0.889. The molecule has 0 saturated heterocycles. The summed E-state index contributed by atoms with van der Waals surface area (Å²) in [7, 11) is 0. The number of nitrogens with one attached hydrogen (secondary N) is 1. The van der Waals surface area contributed by atoms with Crippen LogP contribution in [0.4, 0.5) is 0 Å². The van der Waals surface area contributed by atoms with Crippen LogP contribution in [0.1, 0.15) is 41.0 Å². The summed E-state index contributed by atoms with van der Waals surface area (Å²) in [5.74, 6) is 0.204. The van der Waals surface area contributed by atoms with Gasteiger partial charge in [0.15, 0.2) is 0 Å². The fraction of sp³-hybridized carbons (Fsp3) is 1.00. The molecule has 0 aromatic carbocycles. The van der Waals surface area contributed by atoms with E-state index in [1.165, 1.54) is 0 Å². The molecule has 3 nitrogen and oxygen atoms in total. The van der Waals surface area contributed by atoms with E-state index in [0.717, 1.165) is 6.42 Å². The van der Waals surface area contributed by atoms with Gasteiger partial charge in [-0.05, 0) is 26.2 Å². The molecule has 0 bridgehead atoms. The van der Waals surface area contributed by atoms with Gasteiger partial charge in [0.2, 0.25) is 0 Å². The minimum Gasteiger partial charge on any atom is -0.394 e. The zero-order chi connectivity index (χ0) is 11.4. The smallest absolute Gasteiger partial charge is 0.0766 e. The Morgan fingerprint density at radius 2 is 1.79 bits per heavy atom. The molecule has 2 atom stereocenters. The van der Waals surface area contributed by atoms with Crippen LogP contribution in [0, 0.1) is 5.92 Å². The normalized spacial score (nSPS) is 20.6. The van der Waals surface area contributed by atoms with Gasteiger partial charge in [0.05, 0.1) is 12.2 Å². The molecule has 0 fully saturated rings. The summed E-state index contributed by atoms with van der Waals surface area (Å²) in [6, 6.07) is 0. The molecule has 0 aromatic rings. The molecule has 0 amide bonds. The van der Waals surface area contributed by atoms with Gasteiger partial charge in [-0.1, -0.05) is 20.8 Å². The molecule has 0 aromatic heterocycles. The van der Waals surface area contributed by atoms with E-state index in [9.17, 15) is 10.2 Å². The third kappa shape index (κ3) is 3.95. The predicted octanol–water partition coefficient (Wildman–Crippen LogP) is 1.14. The third-order valence-electron chi connectivity index (χ3n) is 3.25. The van der Waals surface area contributed by atoms with Gasteiger partial charge in [-0.2, -0.15) is 0 Å². The second-order valence-corrected chi connectivity index (χ2v) is 4.94. The van der Waals surface area contributed by atoms with Crippen LogP contribution >= 0.6 is 0 Å². The molecular formula is C11H25NO2. The first kappa shape index (κ1) is 13.9. The van der Waals surface area contributed by atoms with Gasteiger partial charge in [0.1, 0.15) is 0 Å². The highest BCUT2D eigenvalue weighted by atomic mass is 16.3. The lowest BCUT2D eigenvalue weighted by molar-refractivity contribution is 0.00323. The van der Waals surface area contributed by atoms with Crippen LogP contribution in [0.15, 0.2) is 0 Å². The standard InChI is InChI=1S/C11H25NO2/c1-6-10(4,8-13)12-7-11(5,14)9(2)3/h9,12-14H,6-8H2,1-5H3. The summed E-state index contributed by atoms with van der Waals surface area (Å²) in [5.41, 5.74) is -0.996. The second-order valence-electron chi connectivity index (χ2n) is 4.94. The van der Waals surface area contributed by atoms with E-state index in [1.807, 2.05) is 34.6 Å². The molecule has 0 spiro atoms. The van der Waals surface area contributed by atoms with Gasteiger partial charge in [-0.3, -0.25) is 0 Å². The number of rotatable bonds is 6. The maximum absolute atomic E-state index is 10.0. The Morgan fingerprint density at radius 3 is 2.07 bits per heavy atom. The summed E-state index contributed by atoms with van der Waals surface area (Å²) in [5, 5.41) is 22.4. The van der Waals surface area contributed by atoms with Crippen LogP contribution in [0.25, 0.3) is 0 Å². The van der Waals surface area contributed by atoms with E-state index < -0.39 is 5.60 Å². The first-order chi connectivity index (χ1) is 6.27. The van der Waals surface area contributed by atoms with Crippen molar-refractivity contribution in [3.8, 4) is 0 Å². The van der Waals surface area contributed by atoms with Crippen LogP contribution in [-0.2, 0) is 0 Å². The van der Waals surface area contributed by atoms with Crippen molar-refractivity contribution in [1.82, 2.24) is 5.32 Å². The van der Waals surface area contributed by atoms with Gasteiger partial charge >= 0.3 is 0 Å². The molecule has 0 heterocycles. The first-order valence-corrected chi connectivity index (χ1v) is 5.35. The second kappa shape index (κ2) is 5.10. The highest BCUT2D eigenvalue weighted by molar-refractivity contribution is 4.86. The number of hydrogen-bond donors (Lipinski definition) is 3. The van der Waals surface area contributed by atoms with Crippen molar-refractivity contribution in [3.63, 3.8) is 0 Å². The van der Waals surface area contributed by atoms with Gasteiger partial charge in [-0.25, -0.2) is 0 Å². The van der Waals surface area contributed by atoms with Crippen molar-refractivity contribution in [1.29, 1.82) is 0 Å². The molecule has 0 radical (unpaired) electrons. The molecule has 3 N–H and O–H groups in total. The number of β-amino-alcohol motifs (C(OH)–C–C–N with tert-alkyl or cyclic N) is 1. The van der Waals surface area contributed by atoms with Gasteiger partial charge in [-0.15, -0.1) is 0 Å². The van der Waals surface area contributed by atoms with Crippen molar-refractivity contribution in [2.45, 2.75) is 52.2 Å². The van der Waals surface area contributed by atoms with Crippen LogP contribution in [0.3, 0.4) is 0 Å². The summed E-state index contributed by atoms with van der Waals surface area (Å²) in [4.78, 5) is 0. The maximum Gasteiger partial charge on any atom is 0.0766 e. The molecule has 0 aliphatic heterocycles. The molecule has 0 saturated carbocycles. The molecule has 2 unspecified atom stereocenters. The SMILES string of the molecule is CCC(C)(CO)NCC(C)(O)C(C)C. The van der Waals surface area contributed by atoms with E-state index in [0.29, 0.717) is 6.54 Å². The Balaban J connectivity index is 4.16. The lowest BCUT2D eigenvalue weighted by Crippen LogP contribution is -2.53. The Morgan fingerprint density at radius 1 is 1.29 bits per heavy atom. The molecule has 3 heteroatoms. The van der Waals surface area contributed by atoms with Crippen LogP contribution in [0.2, 0.25) is 0 Å². The van der Waals surface area contributed by atoms with Crippen molar-refractivity contribution < 1.29 is 10.2 Å². The molecule has 86 valence electrons. The van der Waals surface area contributed by atoms with Gasteiger partial charge in [0, 0.05) is 12.1 Å². The average Bonchev–Trinajstić information content (AvgIpc) is 2.14. The van der Waals surface area contributed by atoms with Crippen molar-refractivity contribution in [2.24, 2.45) is 5.92 Å². The monoisotopic (exact) mass is 203 g/mol. The zero-order valence-corrected chi connectivity index (χ0v) is 10.1. The molecule has 14 heavy (non-hydrogen) atoms. The van der Waals surface area contributed by atoms with Gasteiger partial charge in [0.25, 0.3) is 0 Å². The highest BCUT2D eigenvalue weighted by Gasteiger charge is 2.28. The minimum atomic E-state index is -0.717. The lowest BCUT2D eigenvalue weighted by atomic mass is 9.90. The minimum absolute atomic E-state index is 0.0949. The van der Waals surface area contributed by atoms with Crippen LogP contribution in [0.5, 0.6) is 0 Å². The summed E-state index contributed by atoms with van der Waals surface area (Å²) in [6.07, 6.45) is 0.845. The number of hydrogen-bond acceptors (Lipinski definition) is 3. The fourth-order valence-electron chi connectivity index (χ4n) is 0.889. The van der Waals surface area contributed by atoms with Crippen LogP contribution < -0.4 is 5.32 Å². The predicted molar refractivity (Wildman–Crippen MR) is 59.2 cm³/mol. The first-order valence-electron chi connectivity index (χ1n) is 5.35. The van der Waals surface area contributed by atoms with Crippen LogP contribution in [-0.4, -0.2) is 34.5 Å². The van der Waals surface area contributed by atoms with E-state index >= 15 is 0 Å². The lowest BCUT2D eigenvalue weighted by Gasteiger charge is -2.34. The Labute approximate surface area is 87.5 Å². The summed E-state index contributed by atoms with van der Waals surface area (Å²) in [6.45, 7) is 10.4. The summed E-state index contributed by atoms with van der Waals surface area (Å²) >= 11 is 0. The Kier molecular flexibility index (Phi) is 5.06. The Bertz CT molecular complexity index is 158. The quantitative estimate of drug-likeness (QED) is 0.607. The molecule has 0 rings (SSSR count). The zero-order valence-electron chi connectivity index (χ0n) is 10.1. The number of aliphatic hydroxyl groups is 2. The number of aliphatic hydroxyl groups excluding tert-OH is 1. The molecular weight excluding hydrogens is 178 g/mol. The van der Waals surface area contributed by atoms with Crippen molar-refractivity contribution in [3.05, 3.63) is 0 Å². The van der Waals surface area contributed by atoms with E-state index in [4.69, 9.17) is 0 Å².